The van der Waals surface area contributed by atoms with Crippen molar-refractivity contribution in [1.82, 2.24) is 9.80 Å². The van der Waals surface area contributed by atoms with Crippen LogP contribution in [0.1, 0.15) is 17.5 Å². The van der Waals surface area contributed by atoms with Crippen LogP contribution < -0.4 is 4.90 Å². The van der Waals surface area contributed by atoms with E-state index in [9.17, 15) is 26.3 Å². The smallest absolute Gasteiger partial charge is 0.341 e. The molecule has 3 rings (SSSR count). The van der Waals surface area contributed by atoms with Crippen LogP contribution in [0.3, 0.4) is 0 Å². The van der Waals surface area contributed by atoms with E-state index >= 15 is 0 Å². The minimum absolute atomic E-state index is 0. The van der Waals surface area contributed by atoms with E-state index in [1.54, 1.807) is 0 Å². The van der Waals surface area contributed by atoms with Crippen molar-refractivity contribution >= 4 is 36.2 Å². The van der Waals surface area contributed by atoms with Gasteiger partial charge >= 0.3 is 12.4 Å². The normalized spacial score (nSPS) is 15.5. The SMILES string of the molecule is CN1CCN(CCCN(c2cccc(C(F)(F)F)c2)c2cccc(C(F)(F)F)c2)CC1.Cl.Cl. The fraction of sp³-hybridized carbons (Fsp3) is 0.455. The molecule has 1 aliphatic heterocycles. The molecule has 0 aromatic heterocycles. The number of piperazine rings is 1. The van der Waals surface area contributed by atoms with Gasteiger partial charge < -0.3 is 14.7 Å². The van der Waals surface area contributed by atoms with Crippen LogP contribution in [-0.2, 0) is 12.4 Å². The summed E-state index contributed by atoms with van der Waals surface area (Å²) < 4.78 is 79.2. The molecule has 3 nitrogen and oxygen atoms in total. The van der Waals surface area contributed by atoms with Gasteiger partial charge in [-0.3, -0.25) is 0 Å². The maximum Gasteiger partial charge on any atom is 0.416 e. The summed E-state index contributed by atoms with van der Waals surface area (Å²) in [5.74, 6) is 0. The molecule has 0 spiro atoms. The second kappa shape index (κ2) is 12.1. The molecule has 11 heteroatoms. The van der Waals surface area contributed by atoms with Crippen LogP contribution in [0.25, 0.3) is 0 Å². The third-order valence-electron chi connectivity index (χ3n) is 5.42. The average Bonchev–Trinajstić information content (AvgIpc) is 2.71. The lowest BCUT2D eigenvalue weighted by Crippen LogP contribution is -2.45. The second-order valence-corrected chi connectivity index (χ2v) is 7.75. The third-order valence-corrected chi connectivity index (χ3v) is 5.42. The molecule has 0 unspecified atom stereocenters. The fourth-order valence-electron chi connectivity index (χ4n) is 3.63. The van der Waals surface area contributed by atoms with E-state index in [1.165, 1.54) is 29.2 Å². The largest absolute Gasteiger partial charge is 0.416 e. The zero-order chi connectivity index (χ0) is 22.6. The number of benzene rings is 2. The minimum Gasteiger partial charge on any atom is -0.341 e. The molecule has 0 N–H and O–H groups in total. The van der Waals surface area contributed by atoms with Gasteiger partial charge in [-0.25, -0.2) is 0 Å². The summed E-state index contributed by atoms with van der Waals surface area (Å²) in [6.45, 7) is 4.68. The number of nitrogens with zero attached hydrogens (tertiary/aromatic N) is 3. The summed E-state index contributed by atoms with van der Waals surface area (Å²) in [7, 11) is 2.04. The molecule has 0 bridgehead atoms. The maximum atomic E-state index is 13.2. The van der Waals surface area contributed by atoms with E-state index in [4.69, 9.17) is 0 Å². The van der Waals surface area contributed by atoms with Crippen molar-refractivity contribution in [2.75, 3.05) is 51.2 Å². The molecule has 1 heterocycles. The highest BCUT2D eigenvalue weighted by Crippen LogP contribution is 2.36. The molecule has 0 aliphatic carbocycles. The number of rotatable bonds is 6. The van der Waals surface area contributed by atoms with E-state index in [2.05, 4.69) is 9.80 Å². The van der Waals surface area contributed by atoms with Gasteiger partial charge in [-0.05, 0) is 56.4 Å². The molecule has 33 heavy (non-hydrogen) atoms. The maximum absolute atomic E-state index is 13.2. The van der Waals surface area contributed by atoms with Crippen LogP contribution in [0.2, 0.25) is 0 Å². The molecule has 0 radical (unpaired) electrons. The van der Waals surface area contributed by atoms with Crippen molar-refractivity contribution < 1.29 is 26.3 Å². The lowest BCUT2D eigenvalue weighted by Gasteiger charge is -2.33. The molecule has 2 aromatic rings. The monoisotopic (exact) mass is 517 g/mol. The molecule has 0 saturated carbocycles. The van der Waals surface area contributed by atoms with E-state index < -0.39 is 23.5 Å². The first kappa shape index (κ1) is 29.4. The average molecular weight is 518 g/mol. The van der Waals surface area contributed by atoms with Gasteiger partial charge in [0.15, 0.2) is 0 Å². The predicted molar refractivity (Wildman–Crippen MR) is 123 cm³/mol. The van der Waals surface area contributed by atoms with Crippen molar-refractivity contribution in [3.63, 3.8) is 0 Å². The summed E-state index contributed by atoms with van der Waals surface area (Å²) in [4.78, 5) is 6.01. The Bertz CT molecular complexity index is 810. The Hall–Kier alpha value is -1.68. The number of anilines is 2. The molecule has 2 aromatic carbocycles. The first-order valence-corrected chi connectivity index (χ1v) is 10.1. The second-order valence-electron chi connectivity index (χ2n) is 7.75. The zero-order valence-electron chi connectivity index (χ0n) is 18.0. The lowest BCUT2D eigenvalue weighted by atomic mass is 10.1. The van der Waals surface area contributed by atoms with Crippen LogP contribution >= 0.6 is 24.8 Å². The van der Waals surface area contributed by atoms with Gasteiger partial charge in [0.25, 0.3) is 0 Å². The van der Waals surface area contributed by atoms with Gasteiger partial charge in [0.05, 0.1) is 11.1 Å². The number of hydrogen-bond donors (Lipinski definition) is 0. The van der Waals surface area contributed by atoms with Gasteiger partial charge in [0.1, 0.15) is 0 Å². The van der Waals surface area contributed by atoms with Crippen LogP contribution in [0.5, 0.6) is 0 Å². The Morgan fingerprint density at radius 2 is 1.21 bits per heavy atom. The number of likely N-dealkylation sites (N-methyl/N-ethyl adjacent to an activating group) is 1. The standard InChI is InChI=1S/C22H25F6N3.2ClH/c1-29-11-13-30(14-12-29)9-4-10-31(19-7-2-5-17(15-19)21(23,24)25)20-8-3-6-18(16-20)22(26,27)28;;/h2-3,5-8,15-16H,4,9-14H2,1H3;2*1H. The van der Waals surface area contributed by atoms with Crippen LogP contribution in [-0.4, -0.2) is 56.1 Å². The van der Waals surface area contributed by atoms with Crippen molar-refractivity contribution in [3.05, 3.63) is 59.7 Å². The molecule has 0 atom stereocenters. The van der Waals surface area contributed by atoms with Crippen molar-refractivity contribution in [2.45, 2.75) is 18.8 Å². The van der Waals surface area contributed by atoms with Gasteiger partial charge in [0.2, 0.25) is 0 Å². The number of halogens is 8. The van der Waals surface area contributed by atoms with Gasteiger partial charge in [-0.2, -0.15) is 26.3 Å². The molecule has 1 saturated heterocycles. The zero-order valence-corrected chi connectivity index (χ0v) is 19.6. The quantitative estimate of drug-likeness (QED) is 0.413. The Morgan fingerprint density at radius 1 is 0.758 bits per heavy atom. The van der Waals surface area contributed by atoms with Gasteiger partial charge in [-0.1, -0.05) is 12.1 Å². The van der Waals surface area contributed by atoms with Crippen molar-refractivity contribution in [3.8, 4) is 0 Å². The van der Waals surface area contributed by atoms with Crippen molar-refractivity contribution in [1.29, 1.82) is 0 Å². The van der Waals surface area contributed by atoms with E-state index in [1.807, 2.05) is 7.05 Å². The van der Waals surface area contributed by atoms with Crippen LogP contribution in [0.4, 0.5) is 37.7 Å². The first-order chi connectivity index (χ1) is 14.5. The van der Waals surface area contributed by atoms with Gasteiger partial charge in [-0.15, -0.1) is 24.8 Å². The number of hydrogen-bond acceptors (Lipinski definition) is 3. The highest BCUT2D eigenvalue weighted by Gasteiger charge is 2.32. The molecule has 1 aliphatic rings. The Morgan fingerprint density at radius 3 is 1.64 bits per heavy atom. The van der Waals surface area contributed by atoms with Gasteiger partial charge in [0, 0.05) is 44.1 Å². The summed E-state index contributed by atoms with van der Waals surface area (Å²) >= 11 is 0. The van der Waals surface area contributed by atoms with E-state index in [-0.39, 0.29) is 36.2 Å². The topological polar surface area (TPSA) is 9.72 Å². The molecule has 1 fully saturated rings. The fourth-order valence-corrected chi connectivity index (χ4v) is 3.63. The molecule has 186 valence electrons. The lowest BCUT2D eigenvalue weighted by molar-refractivity contribution is -0.138. The van der Waals surface area contributed by atoms with Crippen LogP contribution in [0, 0.1) is 0 Å². The van der Waals surface area contributed by atoms with E-state index in [0.717, 1.165) is 57.0 Å². The predicted octanol–water partition coefficient (Wildman–Crippen LogP) is 6.34. The van der Waals surface area contributed by atoms with E-state index in [0.29, 0.717) is 13.0 Å². The Balaban J connectivity index is 0.00000272. The molecular formula is C22H27Cl2F6N3. The summed E-state index contributed by atoms with van der Waals surface area (Å²) in [6, 6.07) is 9.41. The molecule has 0 amide bonds. The minimum atomic E-state index is -4.53. The van der Waals surface area contributed by atoms with Crippen LogP contribution in [0.15, 0.2) is 48.5 Å². The Kier molecular flexibility index (Phi) is 10.8. The summed E-state index contributed by atoms with van der Waals surface area (Å²) in [5, 5.41) is 0. The highest BCUT2D eigenvalue weighted by molar-refractivity contribution is 5.85. The third kappa shape index (κ3) is 8.24. The highest BCUT2D eigenvalue weighted by atomic mass is 35.5. The molecular weight excluding hydrogens is 491 g/mol. The first-order valence-electron chi connectivity index (χ1n) is 10.1. The summed E-state index contributed by atoms with van der Waals surface area (Å²) in [5.41, 5.74) is -1.23. The van der Waals surface area contributed by atoms with Crippen molar-refractivity contribution in [2.24, 2.45) is 0 Å². The Labute approximate surface area is 202 Å². The number of alkyl halides is 6. The summed E-state index contributed by atoms with van der Waals surface area (Å²) in [6.07, 6.45) is -8.46.